The molecule has 0 atom stereocenters. The minimum absolute atomic E-state index is 0. The maximum Gasteiger partial charge on any atom is 0.191 e. The summed E-state index contributed by atoms with van der Waals surface area (Å²) in [5.74, 6) is 0.964. The normalized spacial score (nSPS) is 16.4. The van der Waals surface area contributed by atoms with Crippen LogP contribution >= 0.6 is 24.0 Å². The van der Waals surface area contributed by atoms with Gasteiger partial charge in [-0.3, -0.25) is 4.99 Å². The Hall–Kier alpha value is -0.820. The monoisotopic (exact) mass is 472 g/mol. The first kappa shape index (κ1) is 23.2. The zero-order valence-electron chi connectivity index (χ0n) is 16.7. The SMILES string of the molecule is CN=C(NCCCCCc1ccccc1)NC1CCN(C(C)C)CC1.I. The van der Waals surface area contributed by atoms with Crippen molar-refractivity contribution in [3.63, 3.8) is 0 Å². The lowest BCUT2D eigenvalue weighted by Crippen LogP contribution is -2.49. The lowest BCUT2D eigenvalue weighted by Gasteiger charge is -2.35. The van der Waals surface area contributed by atoms with Crippen molar-refractivity contribution in [1.29, 1.82) is 0 Å². The van der Waals surface area contributed by atoms with Crippen molar-refractivity contribution < 1.29 is 0 Å². The van der Waals surface area contributed by atoms with Gasteiger partial charge in [-0.2, -0.15) is 0 Å². The number of unbranched alkanes of at least 4 members (excludes halogenated alkanes) is 2. The average Bonchev–Trinajstić information content (AvgIpc) is 2.64. The molecular formula is C21H37IN4. The van der Waals surface area contributed by atoms with Crippen LogP contribution in [0.5, 0.6) is 0 Å². The van der Waals surface area contributed by atoms with Crippen LogP contribution in [-0.2, 0) is 6.42 Å². The zero-order chi connectivity index (χ0) is 17.9. The van der Waals surface area contributed by atoms with E-state index in [1.165, 1.54) is 57.2 Å². The third kappa shape index (κ3) is 8.71. The Bertz CT molecular complexity index is 496. The fourth-order valence-corrected chi connectivity index (χ4v) is 3.43. The molecule has 2 rings (SSSR count). The Morgan fingerprint density at radius 1 is 1.12 bits per heavy atom. The number of rotatable bonds is 8. The van der Waals surface area contributed by atoms with Crippen molar-refractivity contribution in [3.05, 3.63) is 35.9 Å². The molecule has 0 unspecified atom stereocenters. The summed E-state index contributed by atoms with van der Waals surface area (Å²) in [5, 5.41) is 7.07. The molecule has 0 aliphatic carbocycles. The Balaban J connectivity index is 0.00000338. The molecule has 1 aromatic carbocycles. The van der Waals surface area contributed by atoms with E-state index in [1.807, 2.05) is 7.05 Å². The van der Waals surface area contributed by atoms with Crippen LogP contribution in [-0.4, -0.2) is 49.6 Å². The summed E-state index contributed by atoms with van der Waals surface area (Å²) in [6.45, 7) is 7.94. The largest absolute Gasteiger partial charge is 0.356 e. The number of nitrogens with one attached hydrogen (secondary N) is 2. The van der Waals surface area contributed by atoms with E-state index in [2.05, 4.69) is 64.7 Å². The number of aliphatic imine (C=N–C) groups is 1. The molecule has 4 nitrogen and oxygen atoms in total. The minimum atomic E-state index is 0. The van der Waals surface area contributed by atoms with Gasteiger partial charge in [0.1, 0.15) is 0 Å². The van der Waals surface area contributed by atoms with Gasteiger partial charge in [-0.1, -0.05) is 36.8 Å². The third-order valence-electron chi connectivity index (χ3n) is 5.10. The van der Waals surface area contributed by atoms with E-state index < -0.39 is 0 Å². The van der Waals surface area contributed by atoms with E-state index in [0.717, 1.165) is 12.5 Å². The molecule has 1 saturated heterocycles. The lowest BCUT2D eigenvalue weighted by molar-refractivity contribution is 0.167. The van der Waals surface area contributed by atoms with Gasteiger partial charge in [0.05, 0.1) is 0 Å². The van der Waals surface area contributed by atoms with E-state index in [9.17, 15) is 0 Å². The second-order valence-electron chi connectivity index (χ2n) is 7.34. The van der Waals surface area contributed by atoms with Gasteiger partial charge in [0.25, 0.3) is 0 Å². The molecule has 1 heterocycles. The van der Waals surface area contributed by atoms with Crippen molar-refractivity contribution in [2.45, 2.75) is 64.5 Å². The Morgan fingerprint density at radius 3 is 2.42 bits per heavy atom. The van der Waals surface area contributed by atoms with Crippen LogP contribution in [0.2, 0.25) is 0 Å². The number of hydrogen-bond donors (Lipinski definition) is 2. The van der Waals surface area contributed by atoms with Crippen LogP contribution in [0.25, 0.3) is 0 Å². The first-order valence-corrected chi connectivity index (χ1v) is 9.94. The van der Waals surface area contributed by atoms with E-state index in [4.69, 9.17) is 0 Å². The number of halogens is 1. The maximum absolute atomic E-state index is 4.38. The molecule has 1 aliphatic rings. The van der Waals surface area contributed by atoms with Gasteiger partial charge in [-0.05, 0) is 51.5 Å². The first-order chi connectivity index (χ1) is 12.2. The highest BCUT2D eigenvalue weighted by molar-refractivity contribution is 14.0. The molecule has 148 valence electrons. The number of aryl methyl sites for hydroxylation is 1. The number of likely N-dealkylation sites (tertiary alicyclic amines) is 1. The Kier molecular flexibility index (Phi) is 11.9. The molecule has 0 saturated carbocycles. The van der Waals surface area contributed by atoms with Crippen molar-refractivity contribution in [3.8, 4) is 0 Å². The molecule has 1 fully saturated rings. The molecule has 0 amide bonds. The quantitative estimate of drug-likeness (QED) is 0.260. The van der Waals surface area contributed by atoms with Crippen LogP contribution in [0.15, 0.2) is 35.3 Å². The molecule has 0 spiro atoms. The molecule has 0 aromatic heterocycles. The predicted molar refractivity (Wildman–Crippen MR) is 124 cm³/mol. The standard InChI is InChI=1S/C21H36N4.HI/c1-18(2)25-16-13-20(14-17-25)24-21(22-3)23-15-9-5-8-12-19-10-6-4-7-11-19;/h4,6-7,10-11,18,20H,5,8-9,12-17H2,1-3H3,(H2,22,23,24);1H. The van der Waals surface area contributed by atoms with Crippen LogP contribution in [0.3, 0.4) is 0 Å². The van der Waals surface area contributed by atoms with Crippen LogP contribution in [0.4, 0.5) is 0 Å². The third-order valence-corrected chi connectivity index (χ3v) is 5.10. The van der Waals surface area contributed by atoms with Gasteiger partial charge in [0.2, 0.25) is 0 Å². The second kappa shape index (κ2) is 13.4. The summed E-state index contributed by atoms with van der Waals surface area (Å²) in [7, 11) is 1.87. The minimum Gasteiger partial charge on any atom is -0.356 e. The topological polar surface area (TPSA) is 39.7 Å². The molecule has 0 radical (unpaired) electrons. The summed E-state index contributed by atoms with van der Waals surface area (Å²) < 4.78 is 0. The molecular weight excluding hydrogens is 435 g/mol. The maximum atomic E-state index is 4.38. The van der Waals surface area contributed by atoms with E-state index in [-0.39, 0.29) is 24.0 Å². The number of benzene rings is 1. The van der Waals surface area contributed by atoms with Gasteiger partial charge >= 0.3 is 0 Å². The van der Waals surface area contributed by atoms with Crippen LogP contribution in [0.1, 0.15) is 51.5 Å². The summed E-state index contributed by atoms with van der Waals surface area (Å²) >= 11 is 0. The van der Waals surface area contributed by atoms with Crippen molar-refractivity contribution >= 4 is 29.9 Å². The molecule has 0 bridgehead atoms. The van der Waals surface area contributed by atoms with E-state index in [1.54, 1.807) is 0 Å². The van der Waals surface area contributed by atoms with Gasteiger partial charge < -0.3 is 15.5 Å². The summed E-state index contributed by atoms with van der Waals surface area (Å²) in [6, 6.07) is 12.0. The Morgan fingerprint density at radius 2 is 1.81 bits per heavy atom. The van der Waals surface area contributed by atoms with Crippen molar-refractivity contribution in [2.24, 2.45) is 4.99 Å². The number of piperidine rings is 1. The van der Waals surface area contributed by atoms with E-state index >= 15 is 0 Å². The smallest absolute Gasteiger partial charge is 0.191 e. The highest BCUT2D eigenvalue weighted by Gasteiger charge is 2.21. The van der Waals surface area contributed by atoms with E-state index in [0.29, 0.717) is 12.1 Å². The first-order valence-electron chi connectivity index (χ1n) is 9.94. The zero-order valence-corrected chi connectivity index (χ0v) is 19.0. The number of nitrogens with zero attached hydrogens (tertiary/aromatic N) is 2. The molecule has 26 heavy (non-hydrogen) atoms. The number of hydrogen-bond acceptors (Lipinski definition) is 2. The highest BCUT2D eigenvalue weighted by atomic mass is 127. The molecule has 1 aliphatic heterocycles. The second-order valence-corrected chi connectivity index (χ2v) is 7.34. The van der Waals surface area contributed by atoms with Gasteiger partial charge in [-0.25, -0.2) is 0 Å². The summed E-state index contributed by atoms with van der Waals surface area (Å²) in [5.41, 5.74) is 1.45. The van der Waals surface area contributed by atoms with Gasteiger partial charge in [0, 0.05) is 38.8 Å². The summed E-state index contributed by atoms with van der Waals surface area (Å²) in [4.78, 5) is 6.94. The van der Waals surface area contributed by atoms with Crippen molar-refractivity contribution in [2.75, 3.05) is 26.7 Å². The fourth-order valence-electron chi connectivity index (χ4n) is 3.43. The average molecular weight is 472 g/mol. The van der Waals surface area contributed by atoms with Crippen LogP contribution < -0.4 is 10.6 Å². The summed E-state index contributed by atoms with van der Waals surface area (Å²) in [6.07, 6.45) is 7.30. The molecule has 2 N–H and O–H groups in total. The molecule has 1 aromatic rings. The fraction of sp³-hybridized carbons (Fsp3) is 0.667. The van der Waals surface area contributed by atoms with Gasteiger partial charge in [-0.15, -0.1) is 24.0 Å². The molecule has 5 heteroatoms. The number of guanidine groups is 1. The van der Waals surface area contributed by atoms with Crippen molar-refractivity contribution in [1.82, 2.24) is 15.5 Å². The predicted octanol–water partition coefficient (Wildman–Crippen LogP) is 4.06. The highest BCUT2D eigenvalue weighted by Crippen LogP contribution is 2.12. The lowest BCUT2D eigenvalue weighted by atomic mass is 10.0. The van der Waals surface area contributed by atoms with Gasteiger partial charge in [0.15, 0.2) is 5.96 Å². The van der Waals surface area contributed by atoms with Crippen LogP contribution in [0, 0.1) is 0 Å². The Labute approximate surface area is 177 Å².